The van der Waals surface area contributed by atoms with E-state index in [9.17, 15) is 0 Å². The van der Waals surface area contributed by atoms with Crippen LogP contribution in [-0.2, 0) is 0 Å². The largest absolute Gasteiger partial charge is 0.388 e. The fourth-order valence-corrected chi connectivity index (χ4v) is 2.38. The van der Waals surface area contributed by atoms with Crippen LogP contribution in [0.2, 0.25) is 0 Å². The Morgan fingerprint density at radius 1 is 1.27 bits per heavy atom. The first-order chi connectivity index (χ1) is 5.38. The lowest BCUT2D eigenvalue weighted by molar-refractivity contribution is 0.312. The number of hydrogen-bond acceptors (Lipinski definition) is 1. The molecule has 1 fully saturated rings. The maximum atomic E-state index is 3.46. The molecule has 1 aliphatic carbocycles. The molecule has 0 aromatic heterocycles. The van der Waals surface area contributed by atoms with Crippen molar-refractivity contribution in [2.75, 3.05) is 0 Å². The summed E-state index contributed by atoms with van der Waals surface area (Å²) in [6.07, 6.45) is 10.2. The van der Waals surface area contributed by atoms with Crippen molar-refractivity contribution in [2.45, 2.75) is 38.6 Å². The lowest BCUT2D eigenvalue weighted by atomic mass is 9.84. The van der Waals surface area contributed by atoms with Gasteiger partial charge in [0.05, 0.1) is 0 Å². The number of allylic oxidation sites excluding steroid dienone is 1. The Kier molecular flexibility index (Phi) is 1.89. The van der Waals surface area contributed by atoms with Crippen LogP contribution >= 0.6 is 0 Å². The van der Waals surface area contributed by atoms with Gasteiger partial charge in [0, 0.05) is 6.04 Å². The lowest BCUT2D eigenvalue weighted by Gasteiger charge is -2.30. The molecule has 2 unspecified atom stereocenters. The molecule has 62 valence electrons. The Morgan fingerprint density at radius 2 is 2.09 bits per heavy atom. The van der Waals surface area contributed by atoms with E-state index in [1.165, 1.54) is 25.7 Å². The molecular weight excluding hydrogens is 134 g/mol. The van der Waals surface area contributed by atoms with Crippen LogP contribution in [0.3, 0.4) is 0 Å². The van der Waals surface area contributed by atoms with Crippen LogP contribution < -0.4 is 5.32 Å². The van der Waals surface area contributed by atoms with Crippen LogP contribution in [0.5, 0.6) is 0 Å². The van der Waals surface area contributed by atoms with Gasteiger partial charge in [-0.15, -0.1) is 0 Å². The second-order valence-electron chi connectivity index (χ2n) is 3.94. The Bertz CT molecular complexity index is 162. The first kappa shape index (κ1) is 7.20. The number of fused-ring (bicyclic) bond motifs is 2. The highest BCUT2D eigenvalue weighted by atomic mass is 14.9. The van der Waals surface area contributed by atoms with Gasteiger partial charge < -0.3 is 5.32 Å². The highest BCUT2D eigenvalue weighted by molar-refractivity contribution is 5.01. The Labute approximate surface area is 68.9 Å². The predicted molar refractivity (Wildman–Crippen MR) is 47.2 cm³/mol. The molecule has 3 atom stereocenters. The molecule has 1 heterocycles. The molecule has 1 nitrogen and oxygen atoms in total. The molecule has 2 aliphatic rings. The predicted octanol–water partition coefficient (Wildman–Crippen LogP) is 2.30. The maximum Gasteiger partial charge on any atom is 0.0286 e. The van der Waals surface area contributed by atoms with Crippen LogP contribution in [0.4, 0.5) is 0 Å². The molecule has 0 aromatic carbocycles. The molecule has 0 radical (unpaired) electrons. The van der Waals surface area contributed by atoms with Crippen molar-refractivity contribution in [2.24, 2.45) is 11.8 Å². The molecule has 1 N–H and O–H groups in total. The molecule has 2 bridgehead atoms. The average molecular weight is 151 g/mol. The van der Waals surface area contributed by atoms with Gasteiger partial charge in [-0.1, -0.05) is 25.8 Å². The van der Waals surface area contributed by atoms with Crippen LogP contribution in [-0.4, -0.2) is 6.04 Å². The van der Waals surface area contributed by atoms with Gasteiger partial charge in [0.15, 0.2) is 0 Å². The van der Waals surface area contributed by atoms with E-state index in [4.69, 9.17) is 0 Å². The third-order valence-electron chi connectivity index (χ3n) is 3.27. The summed E-state index contributed by atoms with van der Waals surface area (Å²) in [6.45, 7) is 2.39. The minimum Gasteiger partial charge on any atom is -0.388 e. The van der Waals surface area contributed by atoms with Gasteiger partial charge in [-0.05, 0) is 30.9 Å². The van der Waals surface area contributed by atoms with Crippen molar-refractivity contribution in [1.29, 1.82) is 0 Å². The molecule has 0 aromatic rings. The van der Waals surface area contributed by atoms with Gasteiger partial charge in [-0.2, -0.15) is 0 Å². The first-order valence-corrected chi connectivity index (χ1v) is 4.80. The normalized spacial score (nSPS) is 42.8. The van der Waals surface area contributed by atoms with E-state index in [0.717, 1.165) is 17.9 Å². The molecule has 0 spiro atoms. The third-order valence-corrected chi connectivity index (χ3v) is 3.27. The monoisotopic (exact) mass is 151 g/mol. The summed E-state index contributed by atoms with van der Waals surface area (Å²) in [6, 6.07) is 0.771. The molecule has 0 amide bonds. The summed E-state index contributed by atoms with van der Waals surface area (Å²) in [5.74, 6) is 1.73. The Morgan fingerprint density at radius 3 is 3.00 bits per heavy atom. The maximum absolute atomic E-state index is 3.46. The van der Waals surface area contributed by atoms with E-state index < -0.39 is 0 Å². The summed E-state index contributed by atoms with van der Waals surface area (Å²) >= 11 is 0. The fourth-order valence-electron chi connectivity index (χ4n) is 2.38. The van der Waals surface area contributed by atoms with Crippen molar-refractivity contribution >= 4 is 0 Å². The van der Waals surface area contributed by atoms with E-state index in [0.29, 0.717) is 0 Å². The number of nitrogens with one attached hydrogen (secondary N) is 1. The van der Waals surface area contributed by atoms with E-state index in [-0.39, 0.29) is 0 Å². The van der Waals surface area contributed by atoms with Crippen LogP contribution in [0.15, 0.2) is 12.3 Å². The lowest BCUT2D eigenvalue weighted by Crippen LogP contribution is -2.36. The highest BCUT2D eigenvalue weighted by Crippen LogP contribution is 2.31. The van der Waals surface area contributed by atoms with Gasteiger partial charge in [-0.25, -0.2) is 0 Å². The Balaban J connectivity index is 2.15. The van der Waals surface area contributed by atoms with E-state index in [2.05, 4.69) is 24.5 Å². The van der Waals surface area contributed by atoms with Crippen LogP contribution in [0, 0.1) is 11.8 Å². The summed E-state index contributed by atoms with van der Waals surface area (Å²) in [4.78, 5) is 0. The molecule has 1 aliphatic heterocycles. The molecule has 1 heteroatoms. The standard InChI is InChI=1S/C10H17N/c1-8-9-4-2-3-5-10(8)11-7-6-9/h6-11H,2-5H2,1H3/t8?,9?,10-/m0/s1. The highest BCUT2D eigenvalue weighted by Gasteiger charge is 2.27. The average Bonchev–Trinajstić information content (AvgIpc) is 2.17. The van der Waals surface area contributed by atoms with Gasteiger partial charge in [0.25, 0.3) is 0 Å². The van der Waals surface area contributed by atoms with E-state index >= 15 is 0 Å². The van der Waals surface area contributed by atoms with Gasteiger partial charge in [-0.3, -0.25) is 0 Å². The second kappa shape index (κ2) is 2.88. The molecule has 2 rings (SSSR count). The zero-order valence-electron chi connectivity index (χ0n) is 7.22. The Hall–Kier alpha value is -0.460. The fraction of sp³-hybridized carbons (Fsp3) is 0.800. The van der Waals surface area contributed by atoms with Crippen LogP contribution in [0.1, 0.15) is 32.6 Å². The van der Waals surface area contributed by atoms with Gasteiger partial charge in [0.2, 0.25) is 0 Å². The summed E-state index contributed by atoms with van der Waals surface area (Å²) in [5.41, 5.74) is 0. The summed E-state index contributed by atoms with van der Waals surface area (Å²) < 4.78 is 0. The van der Waals surface area contributed by atoms with Gasteiger partial charge >= 0.3 is 0 Å². The van der Waals surface area contributed by atoms with E-state index in [1.54, 1.807) is 0 Å². The van der Waals surface area contributed by atoms with E-state index in [1.807, 2.05) is 0 Å². The minimum absolute atomic E-state index is 0.771. The topological polar surface area (TPSA) is 12.0 Å². The first-order valence-electron chi connectivity index (χ1n) is 4.80. The van der Waals surface area contributed by atoms with Crippen molar-refractivity contribution < 1.29 is 0 Å². The number of rotatable bonds is 0. The zero-order chi connectivity index (χ0) is 7.68. The smallest absolute Gasteiger partial charge is 0.0286 e. The second-order valence-corrected chi connectivity index (χ2v) is 3.94. The molecule has 1 saturated carbocycles. The molecular formula is C10H17N. The summed E-state index contributed by atoms with van der Waals surface area (Å²) in [5, 5.41) is 3.46. The molecule has 0 saturated heterocycles. The minimum atomic E-state index is 0.771. The summed E-state index contributed by atoms with van der Waals surface area (Å²) in [7, 11) is 0. The van der Waals surface area contributed by atoms with Crippen LogP contribution in [0.25, 0.3) is 0 Å². The van der Waals surface area contributed by atoms with Crippen molar-refractivity contribution in [1.82, 2.24) is 5.32 Å². The quantitative estimate of drug-likeness (QED) is 0.560. The zero-order valence-corrected chi connectivity index (χ0v) is 7.22. The van der Waals surface area contributed by atoms with Crippen molar-refractivity contribution in [3.63, 3.8) is 0 Å². The van der Waals surface area contributed by atoms with Crippen molar-refractivity contribution in [3.8, 4) is 0 Å². The van der Waals surface area contributed by atoms with Crippen molar-refractivity contribution in [3.05, 3.63) is 12.3 Å². The SMILES string of the molecule is CC1C2C=CN[C@H]1CCCC2. The third kappa shape index (κ3) is 1.29. The number of hydrogen-bond donors (Lipinski definition) is 1. The van der Waals surface area contributed by atoms with Gasteiger partial charge in [0.1, 0.15) is 0 Å². The molecule has 11 heavy (non-hydrogen) atoms.